The van der Waals surface area contributed by atoms with E-state index in [9.17, 15) is 4.79 Å². The Bertz CT molecular complexity index is 733. The molecule has 0 spiro atoms. The van der Waals surface area contributed by atoms with E-state index in [1.54, 1.807) is 39.2 Å². The standard InChI is InChI=1S/C19H23NO4S/c1-5-25-16-9-7-6-8-14(16)19(21)20-12-13-10-11-15(22-2)18(24-4)17(13)23-3/h6-11H,5,12H2,1-4H3,(H,20,21). The van der Waals surface area contributed by atoms with Crippen molar-refractivity contribution in [3.05, 3.63) is 47.5 Å². The van der Waals surface area contributed by atoms with Crippen LogP contribution in [0.2, 0.25) is 0 Å². The van der Waals surface area contributed by atoms with E-state index in [2.05, 4.69) is 12.2 Å². The lowest BCUT2D eigenvalue weighted by molar-refractivity contribution is 0.0947. The summed E-state index contributed by atoms with van der Waals surface area (Å²) in [6.45, 7) is 2.39. The smallest absolute Gasteiger partial charge is 0.252 e. The monoisotopic (exact) mass is 361 g/mol. The van der Waals surface area contributed by atoms with E-state index >= 15 is 0 Å². The zero-order valence-corrected chi connectivity index (χ0v) is 15.7. The fourth-order valence-electron chi connectivity index (χ4n) is 2.51. The van der Waals surface area contributed by atoms with Gasteiger partial charge in [0, 0.05) is 17.0 Å². The molecule has 0 aliphatic carbocycles. The van der Waals surface area contributed by atoms with Crippen molar-refractivity contribution >= 4 is 17.7 Å². The molecule has 25 heavy (non-hydrogen) atoms. The van der Waals surface area contributed by atoms with E-state index in [0.29, 0.717) is 29.4 Å². The van der Waals surface area contributed by atoms with Gasteiger partial charge in [0.2, 0.25) is 5.75 Å². The molecule has 0 saturated carbocycles. The molecule has 1 N–H and O–H groups in total. The van der Waals surface area contributed by atoms with Crippen LogP contribution in [0.5, 0.6) is 17.2 Å². The molecule has 2 rings (SSSR count). The number of carbonyl (C=O) groups is 1. The van der Waals surface area contributed by atoms with Crippen LogP contribution >= 0.6 is 11.8 Å². The molecule has 0 radical (unpaired) electrons. The topological polar surface area (TPSA) is 56.8 Å². The third-order valence-corrected chi connectivity index (χ3v) is 4.61. The average Bonchev–Trinajstić information content (AvgIpc) is 2.65. The van der Waals surface area contributed by atoms with Crippen LogP contribution in [-0.2, 0) is 6.54 Å². The number of hydrogen-bond acceptors (Lipinski definition) is 5. The van der Waals surface area contributed by atoms with E-state index in [-0.39, 0.29) is 5.91 Å². The highest BCUT2D eigenvalue weighted by atomic mass is 32.2. The highest BCUT2D eigenvalue weighted by Crippen LogP contribution is 2.39. The van der Waals surface area contributed by atoms with Gasteiger partial charge in [-0.25, -0.2) is 0 Å². The van der Waals surface area contributed by atoms with Gasteiger partial charge in [-0.05, 0) is 30.0 Å². The molecule has 0 bridgehead atoms. The second kappa shape index (κ2) is 9.22. The first-order chi connectivity index (χ1) is 12.2. The largest absolute Gasteiger partial charge is 0.493 e. The SMILES string of the molecule is CCSc1ccccc1C(=O)NCc1ccc(OC)c(OC)c1OC. The minimum Gasteiger partial charge on any atom is -0.493 e. The van der Waals surface area contributed by atoms with E-state index in [1.807, 2.05) is 30.3 Å². The summed E-state index contributed by atoms with van der Waals surface area (Å²) in [6.07, 6.45) is 0. The third kappa shape index (κ3) is 4.39. The number of benzene rings is 2. The van der Waals surface area contributed by atoms with Gasteiger partial charge in [0.25, 0.3) is 5.91 Å². The summed E-state index contributed by atoms with van der Waals surface area (Å²) in [5.41, 5.74) is 1.49. The van der Waals surface area contributed by atoms with Crippen molar-refractivity contribution in [2.75, 3.05) is 27.1 Å². The van der Waals surface area contributed by atoms with Crippen LogP contribution in [0, 0.1) is 0 Å². The highest BCUT2D eigenvalue weighted by Gasteiger charge is 2.17. The van der Waals surface area contributed by atoms with Gasteiger partial charge in [-0.1, -0.05) is 19.1 Å². The first-order valence-corrected chi connectivity index (χ1v) is 8.92. The fraction of sp³-hybridized carbons (Fsp3) is 0.316. The molecule has 2 aromatic rings. The zero-order chi connectivity index (χ0) is 18.2. The lowest BCUT2D eigenvalue weighted by Gasteiger charge is -2.16. The van der Waals surface area contributed by atoms with Crippen molar-refractivity contribution in [1.29, 1.82) is 0 Å². The van der Waals surface area contributed by atoms with Crippen LogP contribution in [0.3, 0.4) is 0 Å². The Labute approximate surface area is 152 Å². The van der Waals surface area contributed by atoms with Crippen molar-refractivity contribution in [2.45, 2.75) is 18.4 Å². The summed E-state index contributed by atoms with van der Waals surface area (Å²) in [5, 5.41) is 2.95. The van der Waals surface area contributed by atoms with Crippen LogP contribution in [0.25, 0.3) is 0 Å². The first-order valence-electron chi connectivity index (χ1n) is 7.94. The normalized spacial score (nSPS) is 10.2. The second-order valence-corrected chi connectivity index (χ2v) is 6.41. The van der Waals surface area contributed by atoms with E-state index in [4.69, 9.17) is 14.2 Å². The van der Waals surface area contributed by atoms with Gasteiger partial charge in [0.05, 0.1) is 26.9 Å². The number of thioether (sulfide) groups is 1. The Morgan fingerprint density at radius 1 is 1.00 bits per heavy atom. The molecule has 5 nitrogen and oxygen atoms in total. The van der Waals surface area contributed by atoms with Gasteiger partial charge < -0.3 is 19.5 Å². The van der Waals surface area contributed by atoms with E-state index in [1.165, 1.54) is 0 Å². The van der Waals surface area contributed by atoms with Crippen molar-refractivity contribution < 1.29 is 19.0 Å². The van der Waals surface area contributed by atoms with Crippen LogP contribution < -0.4 is 19.5 Å². The lowest BCUT2D eigenvalue weighted by atomic mass is 10.1. The number of ether oxygens (including phenoxy) is 3. The average molecular weight is 361 g/mol. The molecule has 0 heterocycles. The molecule has 0 aliphatic rings. The summed E-state index contributed by atoms with van der Waals surface area (Å²) < 4.78 is 16.1. The minimum atomic E-state index is -0.117. The maximum absolute atomic E-state index is 12.6. The Hall–Kier alpha value is -2.34. The Kier molecular flexibility index (Phi) is 7.01. The first kappa shape index (κ1) is 19.0. The summed E-state index contributed by atoms with van der Waals surface area (Å²) in [4.78, 5) is 13.5. The molecule has 0 atom stereocenters. The Morgan fingerprint density at radius 3 is 2.36 bits per heavy atom. The predicted molar refractivity (Wildman–Crippen MR) is 100 cm³/mol. The second-order valence-electron chi connectivity index (χ2n) is 5.11. The molecule has 0 aliphatic heterocycles. The van der Waals surface area contributed by atoms with Crippen LogP contribution in [0.1, 0.15) is 22.8 Å². The molecule has 6 heteroatoms. The number of amides is 1. The summed E-state index contributed by atoms with van der Waals surface area (Å²) >= 11 is 1.65. The molecular formula is C19H23NO4S. The fourth-order valence-corrected chi connectivity index (χ4v) is 3.31. The van der Waals surface area contributed by atoms with Crippen LogP contribution in [-0.4, -0.2) is 33.0 Å². The molecule has 0 saturated heterocycles. The summed E-state index contributed by atoms with van der Waals surface area (Å²) in [6, 6.07) is 11.2. The van der Waals surface area contributed by atoms with Gasteiger partial charge >= 0.3 is 0 Å². The Balaban J connectivity index is 2.20. The molecular weight excluding hydrogens is 338 g/mol. The number of methoxy groups -OCH3 is 3. The van der Waals surface area contributed by atoms with E-state index in [0.717, 1.165) is 16.2 Å². The maximum Gasteiger partial charge on any atom is 0.252 e. The zero-order valence-electron chi connectivity index (χ0n) is 14.9. The minimum absolute atomic E-state index is 0.117. The number of carbonyl (C=O) groups excluding carboxylic acids is 1. The molecule has 0 unspecified atom stereocenters. The van der Waals surface area contributed by atoms with Gasteiger partial charge in [-0.2, -0.15) is 0 Å². The third-order valence-electron chi connectivity index (χ3n) is 3.66. The molecule has 0 fully saturated rings. The molecule has 2 aromatic carbocycles. The molecule has 0 aromatic heterocycles. The quantitative estimate of drug-likeness (QED) is 0.726. The summed E-state index contributed by atoms with van der Waals surface area (Å²) in [5.74, 6) is 2.44. The number of hydrogen-bond donors (Lipinski definition) is 1. The van der Waals surface area contributed by atoms with Crippen molar-refractivity contribution in [2.24, 2.45) is 0 Å². The summed E-state index contributed by atoms with van der Waals surface area (Å²) in [7, 11) is 4.69. The van der Waals surface area contributed by atoms with Gasteiger partial charge in [-0.3, -0.25) is 4.79 Å². The van der Waals surface area contributed by atoms with Crippen molar-refractivity contribution in [1.82, 2.24) is 5.32 Å². The lowest BCUT2D eigenvalue weighted by Crippen LogP contribution is -2.23. The van der Waals surface area contributed by atoms with Crippen molar-refractivity contribution in [3.63, 3.8) is 0 Å². The molecule has 134 valence electrons. The van der Waals surface area contributed by atoms with Crippen molar-refractivity contribution in [3.8, 4) is 17.2 Å². The van der Waals surface area contributed by atoms with Crippen LogP contribution in [0.4, 0.5) is 0 Å². The van der Waals surface area contributed by atoms with Gasteiger partial charge in [0.15, 0.2) is 11.5 Å². The van der Waals surface area contributed by atoms with Gasteiger partial charge in [-0.15, -0.1) is 11.8 Å². The van der Waals surface area contributed by atoms with Crippen LogP contribution in [0.15, 0.2) is 41.3 Å². The number of nitrogens with one attached hydrogen (secondary N) is 1. The maximum atomic E-state index is 12.6. The number of rotatable bonds is 8. The predicted octanol–water partition coefficient (Wildman–Crippen LogP) is 3.75. The van der Waals surface area contributed by atoms with Gasteiger partial charge in [0.1, 0.15) is 0 Å². The van der Waals surface area contributed by atoms with E-state index < -0.39 is 0 Å². The highest BCUT2D eigenvalue weighted by molar-refractivity contribution is 7.99. The molecule has 1 amide bonds. The Morgan fingerprint density at radius 2 is 1.72 bits per heavy atom.